The van der Waals surface area contributed by atoms with Crippen molar-refractivity contribution < 1.29 is 9.18 Å². The third kappa shape index (κ3) is 4.26. The molecule has 1 heterocycles. The van der Waals surface area contributed by atoms with E-state index in [0.29, 0.717) is 17.7 Å². The van der Waals surface area contributed by atoms with Crippen molar-refractivity contribution in [1.29, 1.82) is 5.26 Å². The van der Waals surface area contributed by atoms with Gasteiger partial charge in [0.1, 0.15) is 11.6 Å². The zero-order valence-electron chi connectivity index (χ0n) is 13.6. The van der Waals surface area contributed by atoms with Gasteiger partial charge in [0.25, 0.3) is 5.91 Å². The average molecular weight is 323 g/mol. The molecule has 0 spiro atoms. The van der Waals surface area contributed by atoms with Crippen LogP contribution in [0.25, 0.3) is 6.08 Å². The predicted molar refractivity (Wildman–Crippen MR) is 90.1 cm³/mol. The summed E-state index contributed by atoms with van der Waals surface area (Å²) in [5.74, 6) is -1.06. The first-order valence-electron chi connectivity index (χ1n) is 7.66. The number of halogens is 1. The van der Waals surface area contributed by atoms with Gasteiger partial charge < -0.3 is 5.32 Å². The number of amides is 1. The van der Waals surface area contributed by atoms with E-state index >= 15 is 0 Å². The molecule has 0 radical (unpaired) electrons. The molecule has 5 heteroatoms. The molecule has 0 fully saturated rings. The summed E-state index contributed by atoms with van der Waals surface area (Å²) in [5, 5.41) is 12.1. The first-order valence-corrected chi connectivity index (χ1v) is 7.66. The molecule has 0 aliphatic rings. The highest BCUT2D eigenvalue weighted by molar-refractivity contribution is 6.02. The van der Waals surface area contributed by atoms with Gasteiger partial charge in [0.15, 0.2) is 0 Å². The van der Waals surface area contributed by atoms with E-state index in [1.165, 1.54) is 18.2 Å². The van der Waals surface area contributed by atoms with Crippen LogP contribution in [0, 0.1) is 24.2 Å². The lowest BCUT2D eigenvalue weighted by Crippen LogP contribution is -2.29. The number of hydrogen-bond acceptors (Lipinski definition) is 3. The van der Waals surface area contributed by atoms with Crippen LogP contribution in [-0.2, 0) is 4.79 Å². The van der Waals surface area contributed by atoms with Crippen molar-refractivity contribution in [2.45, 2.75) is 26.3 Å². The number of carbonyl (C=O) groups excluding carboxylic acids is 1. The zero-order valence-corrected chi connectivity index (χ0v) is 13.6. The molecule has 1 aromatic heterocycles. The predicted octanol–water partition coefficient (Wildman–Crippen LogP) is 3.70. The van der Waals surface area contributed by atoms with Gasteiger partial charge in [-0.1, -0.05) is 37.3 Å². The summed E-state index contributed by atoms with van der Waals surface area (Å²) >= 11 is 0. The monoisotopic (exact) mass is 323 g/mol. The Balaban J connectivity index is 2.22. The van der Waals surface area contributed by atoms with Gasteiger partial charge in [0, 0.05) is 5.69 Å². The van der Waals surface area contributed by atoms with Gasteiger partial charge >= 0.3 is 0 Å². The minimum atomic E-state index is -0.595. The van der Waals surface area contributed by atoms with Crippen molar-refractivity contribution in [2.75, 3.05) is 0 Å². The van der Waals surface area contributed by atoms with Crippen molar-refractivity contribution in [3.63, 3.8) is 0 Å². The van der Waals surface area contributed by atoms with Crippen LogP contribution in [0.4, 0.5) is 4.39 Å². The molecule has 1 amide bonds. The summed E-state index contributed by atoms with van der Waals surface area (Å²) in [6.07, 6.45) is 2.13. The van der Waals surface area contributed by atoms with Gasteiger partial charge in [-0.3, -0.25) is 4.79 Å². The molecule has 2 aromatic rings. The lowest BCUT2D eigenvalue weighted by Gasteiger charge is -2.17. The van der Waals surface area contributed by atoms with Crippen molar-refractivity contribution in [1.82, 2.24) is 10.3 Å². The Kier molecular flexibility index (Phi) is 5.80. The van der Waals surface area contributed by atoms with E-state index in [1.807, 2.05) is 43.3 Å². The van der Waals surface area contributed by atoms with E-state index < -0.39 is 11.9 Å². The average Bonchev–Trinajstić information content (AvgIpc) is 2.59. The number of nitriles is 1. The lowest BCUT2D eigenvalue weighted by atomic mass is 10.0. The molecule has 1 atom stereocenters. The molecule has 1 N–H and O–H groups in total. The molecular weight excluding hydrogens is 305 g/mol. The molecule has 0 bridgehead atoms. The molecule has 0 saturated heterocycles. The molecule has 24 heavy (non-hydrogen) atoms. The Bertz CT molecular complexity index is 794. The molecular formula is C19H18FN3O. The largest absolute Gasteiger partial charge is 0.345 e. The SMILES string of the molecule is CCC(NC(=O)/C(C#N)=C\c1ccc(F)nc1C)c1ccccc1. The van der Waals surface area contributed by atoms with Gasteiger partial charge in [0.05, 0.1) is 6.04 Å². The summed E-state index contributed by atoms with van der Waals surface area (Å²) < 4.78 is 13.1. The van der Waals surface area contributed by atoms with E-state index in [9.17, 15) is 14.4 Å². The van der Waals surface area contributed by atoms with Gasteiger partial charge in [-0.25, -0.2) is 4.98 Å². The van der Waals surface area contributed by atoms with Crippen LogP contribution in [0.1, 0.15) is 36.2 Å². The number of aryl methyl sites for hydroxylation is 1. The van der Waals surface area contributed by atoms with E-state index in [1.54, 1.807) is 6.92 Å². The van der Waals surface area contributed by atoms with Crippen LogP contribution in [0.15, 0.2) is 48.0 Å². The highest BCUT2D eigenvalue weighted by Crippen LogP contribution is 2.17. The summed E-state index contributed by atoms with van der Waals surface area (Å²) in [5.41, 5.74) is 1.90. The van der Waals surface area contributed by atoms with Crippen molar-refractivity contribution >= 4 is 12.0 Å². The quantitative estimate of drug-likeness (QED) is 0.518. The fraction of sp³-hybridized carbons (Fsp3) is 0.211. The third-order valence-electron chi connectivity index (χ3n) is 3.67. The summed E-state index contributed by atoms with van der Waals surface area (Å²) in [6, 6.07) is 14.0. The second-order valence-corrected chi connectivity index (χ2v) is 5.32. The number of hydrogen-bond donors (Lipinski definition) is 1. The smallest absolute Gasteiger partial charge is 0.262 e. The molecule has 1 aromatic carbocycles. The van der Waals surface area contributed by atoms with Crippen LogP contribution in [-0.4, -0.2) is 10.9 Å². The minimum Gasteiger partial charge on any atom is -0.345 e. The molecule has 0 aliphatic heterocycles. The van der Waals surface area contributed by atoms with Crippen molar-refractivity contribution in [3.05, 3.63) is 70.8 Å². The van der Waals surface area contributed by atoms with Crippen LogP contribution in [0.5, 0.6) is 0 Å². The maximum atomic E-state index is 13.1. The first kappa shape index (κ1) is 17.4. The van der Waals surface area contributed by atoms with Crippen LogP contribution in [0.2, 0.25) is 0 Å². The summed E-state index contributed by atoms with van der Waals surface area (Å²) in [4.78, 5) is 16.1. The Hall–Kier alpha value is -3.00. The van der Waals surface area contributed by atoms with E-state index in [-0.39, 0.29) is 11.6 Å². The fourth-order valence-corrected chi connectivity index (χ4v) is 2.34. The van der Waals surface area contributed by atoms with E-state index in [4.69, 9.17) is 0 Å². The Morgan fingerprint density at radius 2 is 2.04 bits per heavy atom. The number of pyridine rings is 1. The van der Waals surface area contributed by atoms with Gasteiger partial charge in [-0.15, -0.1) is 0 Å². The van der Waals surface area contributed by atoms with E-state index in [0.717, 1.165) is 5.56 Å². The maximum absolute atomic E-state index is 13.1. The Morgan fingerprint density at radius 1 is 1.33 bits per heavy atom. The number of rotatable bonds is 5. The van der Waals surface area contributed by atoms with Gasteiger partial charge in [-0.05, 0) is 42.7 Å². The van der Waals surface area contributed by atoms with Crippen LogP contribution in [0.3, 0.4) is 0 Å². The first-order chi connectivity index (χ1) is 11.5. The Labute approximate surface area is 140 Å². The molecule has 2 rings (SSSR count). The topological polar surface area (TPSA) is 65.8 Å². The number of aromatic nitrogens is 1. The molecule has 1 unspecified atom stereocenters. The molecule has 0 saturated carbocycles. The Morgan fingerprint density at radius 3 is 2.62 bits per heavy atom. The highest BCUT2D eigenvalue weighted by Gasteiger charge is 2.16. The maximum Gasteiger partial charge on any atom is 0.262 e. The fourth-order valence-electron chi connectivity index (χ4n) is 2.34. The molecule has 4 nitrogen and oxygen atoms in total. The second kappa shape index (κ2) is 8.02. The number of benzene rings is 1. The molecule has 0 aliphatic carbocycles. The van der Waals surface area contributed by atoms with E-state index in [2.05, 4.69) is 10.3 Å². The number of nitrogens with zero attached hydrogens (tertiary/aromatic N) is 2. The van der Waals surface area contributed by atoms with Crippen LogP contribution >= 0.6 is 0 Å². The van der Waals surface area contributed by atoms with Crippen molar-refractivity contribution in [3.8, 4) is 6.07 Å². The highest BCUT2D eigenvalue weighted by atomic mass is 19.1. The summed E-state index contributed by atoms with van der Waals surface area (Å²) in [6.45, 7) is 3.59. The normalized spacial score (nSPS) is 12.3. The second-order valence-electron chi connectivity index (χ2n) is 5.32. The number of nitrogens with one attached hydrogen (secondary N) is 1. The minimum absolute atomic E-state index is 0.0408. The number of carbonyl (C=O) groups is 1. The summed E-state index contributed by atoms with van der Waals surface area (Å²) in [7, 11) is 0. The lowest BCUT2D eigenvalue weighted by molar-refractivity contribution is -0.117. The van der Waals surface area contributed by atoms with Crippen molar-refractivity contribution in [2.24, 2.45) is 0 Å². The zero-order chi connectivity index (χ0) is 17.5. The molecule has 122 valence electrons. The van der Waals surface area contributed by atoms with Crippen LogP contribution < -0.4 is 5.32 Å². The third-order valence-corrected chi connectivity index (χ3v) is 3.67. The standard InChI is InChI=1S/C19H18FN3O/c1-3-17(14-7-5-4-6-8-14)23-19(24)16(12-21)11-15-9-10-18(20)22-13(15)2/h4-11,17H,3H2,1-2H3,(H,23,24)/b16-11-. The van der Waals surface area contributed by atoms with Gasteiger partial charge in [-0.2, -0.15) is 9.65 Å². The van der Waals surface area contributed by atoms with Gasteiger partial charge in [0.2, 0.25) is 5.95 Å².